The molecule has 0 fully saturated rings. The zero-order chi connectivity index (χ0) is 13.9. The first-order valence-electron chi connectivity index (χ1n) is 6.30. The predicted molar refractivity (Wildman–Crippen MR) is 72.8 cm³/mol. The Morgan fingerprint density at radius 2 is 2.26 bits per heavy atom. The second-order valence-corrected chi connectivity index (χ2v) is 5.47. The number of rotatable bonds is 5. The van der Waals surface area contributed by atoms with Gasteiger partial charge in [0.1, 0.15) is 5.65 Å². The molecule has 0 saturated heterocycles. The molecule has 2 rings (SSSR count). The lowest BCUT2D eigenvalue weighted by Crippen LogP contribution is -2.36. The van der Waals surface area contributed by atoms with Crippen molar-refractivity contribution in [1.82, 2.24) is 14.7 Å². The molecule has 0 unspecified atom stereocenters. The first-order valence-corrected chi connectivity index (χ1v) is 6.30. The second-order valence-electron chi connectivity index (χ2n) is 5.47. The van der Waals surface area contributed by atoms with Crippen LogP contribution >= 0.6 is 0 Å². The molecule has 0 saturated carbocycles. The molecule has 1 amide bonds. The Bertz CT molecular complexity index is 542. The largest absolute Gasteiger partial charge is 0.396 e. The minimum Gasteiger partial charge on any atom is -0.396 e. The molecule has 0 aliphatic heterocycles. The van der Waals surface area contributed by atoms with Crippen LogP contribution in [0.3, 0.4) is 0 Å². The van der Waals surface area contributed by atoms with Crippen molar-refractivity contribution in [2.75, 3.05) is 13.2 Å². The summed E-state index contributed by atoms with van der Waals surface area (Å²) in [4.78, 5) is 16.2. The highest BCUT2D eigenvalue weighted by molar-refractivity contribution is 5.78. The molecule has 2 heterocycles. The van der Waals surface area contributed by atoms with Gasteiger partial charge >= 0.3 is 0 Å². The maximum Gasteiger partial charge on any atom is 0.226 e. The fraction of sp³-hybridized carbons (Fsp3) is 0.429. The summed E-state index contributed by atoms with van der Waals surface area (Å²) in [5, 5.41) is 11.9. The molecule has 0 aliphatic carbocycles. The average molecular weight is 261 g/mol. The van der Waals surface area contributed by atoms with Crippen molar-refractivity contribution in [1.29, 1.82) is 0 Å². The van der Waals surface area contributed by atoms with Crippen molar-refractivity contribution in [3.05, 3.63) is 36.3 Å². The van der Waals surface area contributed by atoms with Crippen LogP contribution < -0.4 is 5.32 Å². The third kappa shape index (κ3) is 3.54. The first-order chi connectivity index (χ1) is 9.00. The molecule has 0 radical (unpaired) electrons. The van der Waals surface area contributed by atoms with Crippen molar-refractivity contribution < 1.29 is 9.90 Å². The number of imidazole rings is 1. The molecule has 2 N–H and O–H groups in total. The molecular weight excluding hydrogens is 242 g/mol. The van der Waals surface area contributed by atoms with Gasteiger partial charge in [-0.05, 0) is 12.1 Å². The van der Waals surface area contributed by atoms with Crippen LogP contribution in [0.15, 0.2) is 30.6 Å². The SMILES string of the molecule is CC(C)(CO)CNC(=O)Cc1cn2ccccc2n1. The van der Waals surface area contributed by atoms with Gasteiger partial charge in [-0.2, -0.15) is 0 Å². The van der Waals surface area contributed by atoms with Crippen LogP contribution in [-0.4, -0.2) is 33.6 Å². The summed E-state index contributed by atoms with van der Waals surface area (Å²) >= 11 is 0. The van der Waals surface area contributed by atoms with Crippen LogP contribution in [0.25, 0.3) is 5.65 Å². The number of aliphatic hydroxyl groups is 1. The highest BCUT2D eigenvalue weighted by Crippen LogP contribution is 2.11. The zero-order valence-electron chi connectivity index (χ0n) is 11.3. The van der Waals surface area contributed by atoms with Crippen LogP contribution in [0.5, 0.6) is 0 Å². The summed E-state index contributed by atoms with van der Waals surface area (Å²) in [7, 11) is 0. The first kappa shape index (κ1) is 13.5. The summed E-state index contributed by atoms with van der Waals surface area (Å²) in [6.07, 6.45) is 4.01. The lowest BCUT2D eigenvalue weighted by atomic mass is 9.95. The number of nitrogens with one attached hydrogen (secondary N) is 1. The number of fused-ring (bicyclic) bond motifs is 1. The lowest BCUT2D eigenvalue weighted by molar-refractivity contribution is -0.121. The summed E-state index contributed by atoms with van der Waals surface area (Å²) in [5.74, 6) is -0.0788. The van der Waals surface area contributed by atoms with Gasteiger partial charge in [-0.15, -0.1) is 0 Å². The smallest absolute Gasteiger partial charge is 0.226 e. The fourth-order valence-corrected chi connectivity index (χ4v) is 1.69. The number of amides is 1. The summed E-state index contributed by atoms with van der Waals surface area (Å²) in [6, 6.07) is 5.73. The van der Waals surface area contributed by atoms with E-state index in [0.717, 1.165) is 11.3 Å². The molecule has 102 valence electrons. The molecular formula is C14H19N3O2. The minimum atomic E-state index is -0.297. The zero-order valence-corrected chi connectivity index (χ0v) is 11.3. The third-order valence-corrected chi connectivity index (χ3v) is 2.95. The Labute approximate surface area is 112 Å². The van der Waals surface area contributed by atoms with E-state index in [9.17, 15) is 4.79 Å². The Kier molecular flexibility index (Phi) is 3.85. The van der Waals surface area contributed by atoms with Gasteiger partial charge < -0.3 is 14.8 Å². The Morgan fingerprint density at radius 1 is 1.47 bits per heavy atom. The molecule has 2 aromatic rings. The van der Waals surface area contributed by atoms with E-state index in [2.05, 4.69) is 10.3 Å². The number of hydrogen-bond donors (Lipinski definition) is 2. The molecule has 5 heteroatoms. The van der Waals surface area contributed by atoms with E-state index >= 15 is 0 Å². The molecule has 5 nitrogen and oxygen atoms in total. The number of aliphatic hydroxyl groups excluding tert-OH is 1. The van der Waals surface area contributed by atoms with Gasteiger partial charge in [-0.3, -0.25) is 4.79 Å². The Morgan fingerprint density at radius 3 is 2.95 bits per heavy atom. The van der Waals surface area contributed by atoms with E-state index in [1.807, 2.05) is 48.8 Å². The molecule has 0 bridgehead atoms. The van der Waals surface area contributed by atoms with E-state index in [1.165, 1.54) is 0 Å². The lowest BCUT2D eigenvalue weighted by Gasteiger charge is -2.21. The average Bonchev–Trinajstić information content (AvgIpc) is 2.78. The van der Waals surface area contributed by atoms with Gasteiger partial charge in [0.05, 0.1) is 12.1 Å². The Hall–Kier alpha value is -1.88. The molecule has 2 aromatic heterocycles. The van der Waals surface area contributed by atoms with Gasteiger partial charge in [0.15, 0.2) is 0 Å². The number of nitrogens with zero attached hydrogens (tertiary/aromatic N) is 2. The van der Waals surface area contributed by atoms with E-state index < -0.39 is 0 Å². The molecule has 0 aromatic carbocycles. The number of carbonyl (C=O) groups is 1. The van der Waals surface area contributed by atoms with Crippen LogP contribution in [0.4, 0.5) is 0 Å². The van der Waals surface area contributed by atoms with Gasteiger partial charge in [-0.25, -0.2) is 4.98 Å². The van der Waals surface area contributed by atoms with Gasteiger partial charge in [0, 0.05) is 31.0 Å². The number of hydrogen-bond acceptors (Lipinski definition) is 3. The van der Waals surface area contributed by atoms with Crippen molar-refractivity contribution >= 4 is 11.6 Å². The fourth-order valence-electron chi connectivity index (χ4n) is 1.69. The number of aromatic nitrogens is 2. The monoisotopic (exact) mass is 261 g/mol. The summed E-state index contributed by atoms with van der Waals surface area (Å²) < 4.78 is 1.89. The van der Waals surface area contributed by atoms with Crippen LogP contribution in [0, 0.1) is 5.41 Å². The van der Waals surface area contributed by atoms with Crippen molar-refractivity contribution in [3.8, 4) is 0 Å². The van der Waals surface area contributed by atoms with Crippen molar-refractivity contribution in [2.45, 2.75) is 20.3 Å². The van der Waals surface area contributed by atoms with Crippen molar-refractivity contribution in [3.63, 3.8) is 0 Å². The standard InChI is InChI=1S/C14H19N3O2/c1-14(2,10-18)9-15-13(19)7-11-8-17-6-4-3-5-12(17)16-11/h3-6,8,18H,7,9-10H2,1-2H3,(H,15,19). The number of carbonyl (C=O) groups excluding carboxylic acids is 1. The van der Waals surface area contributed by atoms with Crippen LogP contribution in [0.2, 0.25) is 0 Å². The highest BCUT2D eigenvalue weighted by atomic mass is 16.3. The molecule has 0 spiro atoms. The van der Waals surface area contributed by atoms with E-state index in [0.29, 0.717) is 6.54 Å². The van der Waals surface area contributed by atoms with E-state index in [-0.39, 0.29) is 24.3 Å². The topological polar surface area (TPSA) is 66.6 Å². The van der Waals surface area contributed by atoms with E-state index in [4.69, 9.17) is 5.11 Å². The summed E-state index contributed by atoms with van der Waals surface area (Å²) in [6.45, 7) is 4.30. The van der Waals surface area contributed by atoms with E-state index in [1.54, 1.807) is 0 Å². The summed E-state index contributed by atoms with van der Waals surface area (Å²) in [5.41, 5.74) is 1.28. The van der Waals surface area contributed by atoms with Gasteiger partial charge in [-0.1, -0.05) is 19.9 Å². The van der Waals surface area contributed by atoms with Crippen LogP contribution in [0.1, 0.15) is 19.5 Å². The quantitative estimate of drug-likeness (QED) is 0.844. The molecule has 0 aliphatic rings. The van der Waals surface area contributed by atoms with Crippen molar-refractivity contribution in [2.24, 2.45) is 5.41 Å². The third-order valence-electron chi connectivity index (χ3n) is 2.95. The van der Waals surface area contributed by atoms with Crippen LogP contribution in [-0.2, 0) is 11.2 Å². The molecule has 0 atom stereocenters. The maximum atomic E-state index is 11.8. The molecule has 19 heavy (non-hydrogen) atoms. The minimum absolute atomic E-state index is 0.0433. The Balaban J connectivity index is 1.95. The predicted octanol–water partition coefficient (Wildman–Crippen LogP) is 1.01. The normalized spacial score (nSPS) is 11.7. The highest BCUT2D eigenvalue weighted by Gasteiger charge is 2.17. The van der Waals surface area contributed by atoms with Gasteiger partial charge in [0.2, 0.25) is 5.91 Å². The maximum absolute atomic E-state index is 11.8. The van der Waals surface area contributed by atoms with Gasteiger partial charge in [0.25, 0.3) is 0 Å². The second kappa shape index (κ2) is 5.40. The number of pyridine rings is 1.